The molecule has 2 aromatic rings. The van der Waals surface area contributed by atoms with Gasteiger partial charge in [-0.2, -0.15) is 4.31 Å². The first-order valence-electron chi connectivity index (χ1n) is 9.15. The van der Waals surface area contributed by atoms with Gasteiger partial charge < -0.3 is 5.73 Å². The Kier molecular flexibility index (Phi) is 7.68. The largest absolute Gasteiger partial charge is 0.399 e. The summed E-state index contributed by atoms with van der Waals surface area (Å²) in [6.45, 7) is 5.39. The fourth-order valence-electron chi connectivity index (χ4n) is 3.34. The van der Waals surface area contributed by atoms with E-state index in [0.29, 0.717) is 18.0 Å². The zero-order valence-electron chi connectivity index (χ0n) is 15.7. The summed E-state index contributed by atoms with van der Waals surface area (Å²) in [6.07, 6.45) is 2.03. The van der Waals surface area contributed by atoms with Crippen LogP contribution in [0, 0.1) is 0 Å². The van der Waals surface area contributed by atoms with Crippen molar-refractivity contribution in [1.82, 2.24) is 9.21 Å². The van der Waals surface area contributed by atoms with E-state index in [1.165, 1.54) is 5.56 Å². The molecular weight excluding hydrogens is 382 g/mol. The molecule has 1 heterocycles. The van der Waals surface area contributed by atoms with Crippen LogP contribution in [0.15, 0.2) is 53.4 Å². The van der Waals surface area contributed by atoms with Crippen molar-refractivity contribution in [3.8, 4) is 0 Å². The number of nitrogen functional groups attached to an aromatic ring is 1. The molecule has 0 aromatic heterocycles. The molecule has 0 unspecified atom stereocenters. The Bertz CT molecular complexity index is 833. The molecule has 1 saturated heterocycles. The van der Waals surface area contributed by atoms with Crippen molar-refractivity contribution in [1.29, 1.82) is 0 Å². The fraction of sp³-hybridized carbons (Fsp3) is 0.400. The zero-order valence-corrected chi connectivity index (χ0v) is 17.3. The molecule has 0 bridgehead atoms. The van der Waals surface area contributed by atoms with E-state index in [0.717, 1.165) is 43.7 Å². The van der Waals surface area contributed by atoms with Crippen LogP contribution in [0.5, 0.6) is 0 Å². The van der Waals surface area contributed by atoms with E-state index < -0.39 is 10.0 Å². The molecule has 0 spiro atoms. The maximum atomic E-state index is 12.9. The average molecular weight is 410 g/mol. The summed E-state index contributed by atoms with van der Waals surface area (Å²) in [5.41, 5.74) is 8.93. The normalized spacial score (nSPS) is 16.0. The number of sulfonamides is 1. The van der Waals surface area contributed by atoms with E-state index in [2.05, 4.69) is 17.9 Å². The smallest absolute Gasteiger partial charge is 0.243 e. The van der Waals surface area contributed by atoms with Crippen LogP contribution in [0.1, 0.15) is 24.5 Å². The Morgan fingerprint density at radius 2 is 1.63 bits per heavy atom. The lowest BCUT2D eigenvalue weighted by molar-refractivity contribution is 0.181. The Morgan fingerprint density at radius 3 is 2.22 bits per heavy atom. The SMILES string of the molecule is CCCc1ccc(S(=O)(=O)N2CCN(Cc3cccc(N)c3)CC2)cc1.Cl. The summed E-state index contributed by atoms with van der Waals surface area (Å²) < 4.78 is 27.3. The summed E-state index contributed by atoms with van der Waals surface area (Å²) in [5, 5.41) is 0. The first kappa shape index (κ1) is 21.7. The van der Waals surface area contributed by atoms with Crippen molar-refractivity contribution in [2.75, 3.05) is 31.9 Å². The van der Waals surface area contributed by atoms with E-state index in [1.54, 1.807) is 16.4 Å². The van der Waals surface area contributed by atoms with Crippen LogP contribution in [0.4, 0.5) is 5.69 Å². The number of aryl methyl sites for hydroxylation is 1. The highest BCUT2D eigenvalue weighted by Crippen LogP contribution is 2.20. The summed E-state index contributed by atoms with van der Waals surface area (Å²) in [4.78, 5) is 2.66. The first-order valence-corrected chi connectivity index (χ1v) is 10.6. The van der Waals surface area contributed by atoms with Crippen molar-refractivity contribution in [2.24, 2.45) is 0 Å². The molecule has 2 N–H and O–H groups in total. The maximum Gasteiger partial charge on any atom is 0.243 e. The zero-order chi connectivity index (χ0) is 18.6. The van der Waals surface area contributed by atoms with E-state index in [9.17, 15) is 8.42 Å². The Morgan fingerprint density at radius 1 is 0.963 bits per heavy atom. The molecule has 148 valence electrons. The minimum absolute atomic E-state index is 0. The summed E-state index contributed by atoms with van der Waals surface area (Å²) >= 11 is 0. The van der Waals surface area contributed by atoms with Crippen molar-refractivity contribution < 1.29 is 8.42 Å². The second-order valence-electron chi connectivity index (χ2n) is 6.82. The third-order valence-corrected chi connectivity index (χ3v) is 6.70. The predicted octanol–water partition coefficient (Wildman–Crippen LogP) is 3.15. The molecule has 2 aromatic carbocycles. The summed E-state index contributed by atoms with van der Waals surface area (Å²) in [6, 6.07) is 15.2. The minimum atomic E-state index is -3.41. The average Bonchev–Trinajstić information content (AvgIpc) is 2.63. The third kappa shape index (κ3) is 5.45. The van der Waals surface area contributed by atoms with Crippen LogP contribution in [-0.4, -0.2) is 43.8 Å². The van der Waals surface area contributed by atoms with Crippen molar-refractivity contribution in [2.45, 2.75) is 31.2 Å². The lowest BCUT2D eigenvalue weighted by Gasteiger charge is -2.34. The second-order valence-corrected chi connectivity index (χ2v) is 8.76. The van der Waals surface area contributed by atoms with Gasteiger partial charge in [-0.25, -0.2) is 8.42 Å². The lowest BCUT2D eigenvalue weighted by Crippen LogP contribution is -2.48. The molecule has 7 heteroatoms. The van der Waals surface area contributed by atoms with E-state index in [-0.39, 0.29) is 12.4 Å². The maximum absolute atomic E-state index is 12.9. The number of hydrogen-bond donors (Lipinski definition) is 1. The Labute approximate surface area is 168 Å². The molecule has 0 saturated carbocycles. The van der Waals surface area contributed by atoms with Gasteiger partial charge in [-0.3, -0.25) is 4.90 Å². The molecule has 1 fully saturated rings. The van der Waals surface area contributed by atoms with Gasteiger partial charge in [0, 0.05) is 38.4 Å². The van der Waals surface area contributed by atoms with Gasteiger partial charge in [0.2, 0.25) is 10.0 Å². The quantitative estimate of drug-likeness (QED) is 0.744. The highest BCUT2D eigenvalue weighted by Gasteiger charge is 2.28. The number of hydrogen-bond acceptors (Lipinski definition) is 4. The molecule has 0 aliphatic carbocycles. The Balaban J connectivity index is 0.00000261. The molecular formula is C20H28ClN3O2S. The van der Waals surface area contributed by atoms with Gasteiger partial charge in [0.15, 0.2) is 0 Å². The van der Waals surface area contributed by atoms with Crippen LogP contribution < -0.4 is 5.73 Å². The standard InChI is InChI=1S/C20H27N3O2S.ClH/c1-2-4-17-7-9-20(10-8-17)26(24,25)23-13-11-22(12-14-23)16-18-5-3-6-19(21)15-18;/h3,5-10,15H,2,4,11-14,16,21H2,1H3;1H. The Hall–Kier alpha value is -1.60. The number of benzene rings is 2. The molecule has 5 nitrogen and oxygen atoms in total. The van der Waals surface area contributed by atoms with Crippen LogP contribution in [-0.2, 0) is 23.0 Å². The summed E-state index contributed by atoms with van der Waals surface area (Å²) in [7, 11) is -3.41. The third-order valence-electron chi connectivity index (χ3n) is 4.79. The molecule has 1 aliphatic rings. The van der Waals surface area contributed by atoms with Gasteiger partial charge >= 0.3 is 0 Å². The fourth-order valence-corrected chi connectivity index (χ4v) is 4.77. The van der Waals surface area contributed by atoms with Crippen LogP contribution in [0.3, 0.4) is 0 Å². The van der Waals surface area contributed by atoms with Crippen molar-refractivity contribution in [3.63, 3.8) is 0 Å². The number of halogens is 1. The predicted molar refractivity (Wildman–Crippen MR) is 113 cm³/mol. The van der Waals surface area contributed by atoms with E-state index >= 15 is 0 Å². The van der Waals surface area contributed by atoms with Gasteiger partial charge in [-0.1, -0.05) is 37.6 Å². The molecule has 0 atom stereocenters. The van der Waals surface area contributed by atoms with Gasteiger partial charge in [-0.15, -0.1) is 12.4 Å². The minimum Gasteiger partial charge on any atom is -0.399 e. The van der Waals surface area contributed by atoms with Crippen molar-refractivity contribution >= 4 is 28.1 Å². The molecule has 0 amide bonds. The van der Waals surface area contributed by atoms with Gasteiger partial charge in [0.05, 0.1) is 4.90 Å². The molecule has 1 aliphatic heterocycles. The van der Waals surface area contributed by atoms with Gasteiger partial charge in [-0.05, 0) is 41.8 Å². The highest BCUT2D eigenvalue weighted by molar-refractivity contribution is 7.89. The number of anilines is 1. The first-order chi connectivity index (χ1) is 12.5. The van der Waals surface area contributed by atoms with E-state index in [1.807, 2.05) is 30.3 Å². The second kappa shape index (κ2) is 9.55. The van der Waals surface area contributed by atoms with Gasteiger partial charge in [0.1, 0.15) is 0 Å². The van der Waals surface area contributed by atoms with Crippen LogP contribution in [0.2, 0.25) is 0 Å². The number of nitrogens with two attached hydrogens (primary N) is 1. The molecule has 27 heavy (non-hydrogen) atoms. The van der Waals surface area contributed by atoms with Crippen LogP contribution >= 0.6 is 12.4 Å². The highest BCUT2D eigenvalue weighted by atomic mass is 35.5. The lowest BCUT2D eigenvalue weighted by atomic mass is 10.1. The molecule has 3 rings (SSSR count). The number of rotatable bonds is 6. The number of piperazine rings is 1. The van der Waals surface area contributed by atoms with E-state index in [4.69, 9.17) is 5.73 Å². The monoisotopic (exact) mass is 409 g/mol. The molecule has 0 radical (unpaired) electrons. The van der Waals surface area contributed by atoms with Crippen LogP contribution in [0.25, 0.3) is 0 Å². The van der Waals surface area contributed by atoms with Gasteiger partial charge in [0.25, 0.3) is 0 Å². The van der Waals surface area contributed by atoms with Crippen molar-refractivity contribution in [3.05, 3.63) is 59.7 Å². The topological polar surface area (TPSA) is 66.6 Å². The number of nitrogens with zero attached hydrogens (tertiary/aromatic N) is 2. The summed E-state index contributed by atoms with van der Waals surface area (Å²) in [5.74, 6) is 0.